The van der Waals surface area contributed by atoms with Crippen molar-refractivity contribution < 1.29 is 23.1 Å². The molecule has 2 heterocycles. The first-order chi connectivity index (χ1) is 10.1. The number of halogens is 2. The normalized spacial score (nSPS) is 15.3. The number of nitrogens with one attached hydrogen (secondary N) is 1. The van der Waals surface area contributed by atoms with Gasteiger partial charge in [-0.25, -0.2) is 4.68 Å². The summed E-state index contributed by atoms with van der Waals surface area (Å²) in [4.78, 5) is 25.1. The summed E-state index contributed by atoms with van der Waals surface area (Å²) in [6.45, 7) is -0.519. The summed E-state index contributed by atoms with van der Waals surface area (Å²) in [5, 5.41) is 5.92. The van der Waals surface area contributed by atoms with Gasteiger partial charge in [0.05, 0.1) is 13.2 Å². The van der Waals surface area contributed by atoms with Crippen molar-refractivity contribution in [1.82, 2.24) is 20.0 Å². The third kappa shape index (κ3) is 4.22. The third-order valence-corrected chi connectivity index (χ3v) is 3.03. The van der Waals surface area contributed by atoms with Gasteiger partial charge in [-0.05, 0) is 6.07 Å². The van der Waals surface area contributed by atoms with Crippen LogP contribution in [0.15, 0.2) is 12.3 Å². The highest BCUT2D eigenvalue weighted by Crippen LogP contribution is 2.08. The molecule has 1 fully saturated rings. The van der Waals surface area contributed by atoms with Crippen LogP contribution in [0.1, 0.15) is 23.5 Å². The number of hydrogen-bond acceptors (Lipinski definition) is 4. The van der Waals surface area contributed by atoms with Crippen molar-refractivity contribution >= 4 is 11.8 Å². The van der Waals surface area contributed by atoms with Crippen LogP contribution < -0.4 is 5.32 Å². The highest BCUT2D eigenvalue weighted by atomic mass is 19.3. The molecule has 0 bridgehead atoms. The first kappa shape index (κ1) is 15.4. The molecule has 0 saturated carbocycles. The van der Waals surface area contributed by atoms with E-state index in [1.807, 2.05) is 0 Å². The predicted molar refractivity (Wildman–Crippen MR) is 67.8 cm³/mol. The van der Waals surface area contributed by atoms with Crippen LogP contribution in [0.2, 0.25) is 0 Å². The fraction of sp³-hybridized carbons (Fsp3) is 0.583. The predicted octanol–water partition coefficient (Wildman–Crippen LogP) is 0.257. The van der Waals surface area contributed by atoms with E-state index in [1.165, 1.54) is 6.07 Å². The Morgan fingerprint density at radius 1 is 1.38 bits per heavy atom. The van der Waals surface area contributed by atoms with Gasteiger partial charge in [-0.2, -0.15) is 13.9 Å². The van der Waals surface area contributed by atoms with Crippen LogP contribution in [0, 0.1) is 0 Å². The fourth-order valence-electron chi connectivity index (χ4n) is 1.91. The number of rotatable bonds is 5. The number of amides is 2. The number of carbonyl (C=O) groups excluding carboxylic acids is 2. The highest BCUT2D eigenvalue weighted by Gasteiger charge is 2.17. The Morgan fingerprint density at radius 2 is 2.10 bits per heavy atom. The Bertz CT molecular complexity index is 500. The molecule has 1 aliphatic rings. The molecule has 0 aliphatic carbocycles. The van der Waals surface area contributed by atoms with Crippen molar-refractivity contribution in [2.24, 2.45) is 0 Å². The van der Waals surface area contributed by atoms with Gasteiger partial charge in [0, 0.05) is 32.3 Å². The smallest absolute Gasteiger partial charge is 0.333 e. The molecule has 116 valence electrons. The van der Waals surface area contributed by atoms with Crippen molar-refractivity contribution in [2.75, 3.05) is 32.8 Å². The quantitative estimate of drug-likeness (QED) is 0.846. The molecule has 21 heavy (non-hydrogen) atoms. The number of nitrogens with zero attached hydrogens (tertiary/aromatic N) is 3. The molecule has 0 aromatic carbocycles. The number of hydrogen-bond donors (Lipinski definition) is 1. The van der Waals surface area contributed by atoms with Gasteiger partial charge < -0.3 is 15.0 Å². The van der Waals surface area contributed by atoms with Gasteiger partial charge in [-0.15, -0.1) is 0 Å². The molecule has 1 aliphatic heterocycles. The summed E-state index contributed by atoms with van der Waals surface area (Å²) in [6, 6.07) is 1.20. The zero-order valence-corrected chi connectivity index (χ0v) is 11.3. The molecule has 0 unspecified atom stereocenters. The summed E-state index contributed by atoms with van der Waals surface area (Å²) in [7, 11) is 0. The van der Waals surface area contributed by atoms with Gasteiger partial charge in [0.2, 0.25) is 5.91 Å². The molecule has 9 heteroatoms. The minimum atomic E-state index is -2.78. The number of ether oxygens (including phenoxy) is 1. The number of carbonyl (C=O) groups is 2. The van der Waals surface area contributed by atoms with Crippen LogP contribution in [-0.2, 0) is 9.53 Å². The fourth-order valence-corrected chi connectivity index (χ4v) is 1.91. The largest absolute Gasteiger partial charge is 0.378 e. The standard InChI is InChI=1S/C12H16F2N4O3/c13-12(14)18-4-2-9(16-18)11(20)15-3-1-10(19)17-5-7-21-8-6-17/h2,4,12H,1,3,5-8H2,(H,15,20). The summed E-state index contributed by atoms with van der Waals surface area (Å²) in [5.41, 5.74) is -0.103. The van der Waals surface area contributed by atoms with E-state index in [2.05, 4.69) is 10.4 Å². The van der Waals surface area contributed by atoms with E-state index in [9.17, 15) is 18.4 Å². The van der Waals surface area contributed by atoms with Crippen molar-refractivity contribution in [3.63, 3.8) is 0 Å². The molecule has 2 rings (SSSR count). The molecule has 2 amide bonds. The van der Waals surface area contributed by atoms with E-state index in [0.29, 0.717) is 31.0 Å². The summed E-state index contributed by atoms with van der Waals surface area (Å²) >= 11 is 0. The van der Waals surface area contributed by atoms with Crippen LogP contribution in [0.25, 0.3) is 0 Å². The highest BCUT2D eigenvalue weighted by molar-refractivity contribution is 5.92. The Kier molecular flexibility index (Phi) is 5.20. The maximum Gasteiger partial charge on any atom is 0.333 e. The Hall–Kier alpha value is -2.03. The summed E-state index contributed by atoms with van der Waals surface area (Å²) in [6.07, 6.45) is 1.18. The lowest BCUT2D eigenvalue weighted by Gasteiger charge is -2.26. The van der Waals surface area contributed by atoms with Crippen molar-refractivity contribution in [3.8, 4) is 0 Å². The monoisotopic (exact) mass is 302 g/mol. The number of aromatic nitrogens is 2. The molecule has 0 spiro atoms. The Labute approximate surface area is 119 Å². The molecule has 1 saturated heterocycles. The lowest BCUT2D eigenvalue weighted by molar-refractivity contribution is -0.135. The van der Waals surface area contributed by atoms with E-state index in [-0.39, 0.29) is 24.6 Å². The number of alkyl halides is 2. The van der Waals surface area contributed by atoms with Crippen LogP contribution in [0.5, 0.6) is 0 Å². The minimum absolute atomic E-state index is 0.0725. The molecular formula is C12H16F2N4O3. The molecule has 1 aromatic heterocycles. The minimum Gasteiger partial charge on any atom is -0.378 e. The second-order valence-corrected chi connectivity index (χ2v) is 4.46. The second-order valence-electron chi connectivity index (χ2n) is 4.46. The van der Waals surface area contributed by atoms with Crippen LogP contribution in [0.4, 0.5) is 8.78 Å². The van der Waals surface area contributed by atoms with Crippen molar-refractivity contribution in [2.45, 2.75) is 13.0 Å². The first-order valence-corrected chi connectivity index (χ1v) is 6.55. The zero-order valence-electron chi connectivity index (χ0n) is 11.3. The lowest BCUT2D eigenvalue weighted by Crippen LogP contribution is -2.42. The second kappa shape index (κ2) is 7.11. The van der Waals surface area contributed by atoms with Gasteiger partial charge >= 0.3 is 6.55 Å². The first-order valence-electron chi connectivity index (χ1n) is 6.55. The van der Waals surface area contributed by atoms with Crippen LogP contribution in [0.3, 0.4) is 0 Å². The molecule has 0 atom stereocenters. The van der Waals surface area contributed by atoms with E-state index < -0.39 is 12.5 Å². The van der Waals surface area contributed by atoms with Crippen molar-refractivity contribution in [1.29, 1.82) is 0 Å². The SMILES string of the molecule is O=C(NCCC(=O)N1CCOCC1)c1ccn(C(F)F)n1. The topological polar surface area (TPSA) is 76.5 Å². The maximum atomic E-state index is 12.3. The molecule has 1 N–H and O–H groups in total. The van der Waals surface area contributed by atoms with Crippen molar-refractivity contribution in [3.05, 3.63) is 18.0 Å². The molecule has 7 nitrogen and oxygen atoms in total. The molecule has 0 radical (unpaired) electrons. The van der Waals surface area contributed by atoms with E-state index in [1.54, 1.807) is 4.90 Å². The van der Waals surface area contributed by atoms with Gasteiger partial charge in [-0.3, -0.25) is 9.59 Å². The average Bonchev–Trinajstić information content (AvgIpc) is 2.98. The van der Waals surface area contributed by atoms with Gasteiger partial charge in [0.1, 0.15) is 5.69 Å². The van der Waals surface area contributed by atoms with E-state index in [4.69, 9.17) is 4.74 Å². The Morgan fingerprint density at radius 3 is 2.71 bits per heavy atom. The number of morpholine rings is 1. The van der Waals surface area contributed by atoms with E-state index >= 15 is 0 Å². The van der Waals surface area contributed by atoms with Crippen LogP contribution in [-0.4, -0.2) is 59.3 Å². The van der Waals surface area contributed by atoms with E-state index in [0.717, 1.165) is 6.20 Å². The summed E-state index contributed by atoms with van der Waals surface area (Å²) < 4.78 is 30.2. The van der Waals surface area contributed by atoms with Gasteiger partial charge in [0.25, 0.3) is 5.91 Å². The molecular weight excluding hydrogens is 286 g/mol. The van der Waals surface area contributed by atoms with Gasteiger partial charge in [-0.1, -0.05) is 0 Å². The molecule has 1 aromatic rings. The lowest BCUT2D eigenvalue weighted by atomic mass is 10.3. The zero-order chi connectivity index (χ0) is 15.2. The maximum absolute atomic E-state index is 12.3. The van der Waals surface area contributed by atoms with Crippen LogP contribution >= 0.6 is 0 Å². The Balaban J connectivity index is 1.74. The third-order valence-electron chi connectivity index (χ3n) is 3.03. The average molecular weight is 302 g/mol. The summed E-state index contributed by atoms with van der Waals surface area (Å²) in [5.74, 6) is -0.652. The van der Waals surface area contributed by atoms with Gasteiger partial charge in [0.15, 0.2) is 0 Å².